The van der Waals surface area contributed by atoms with Gasteiger partial charge in [0.15, 0.2) is 0 Å². The van der Waals surface area contributed by atoms with Gasteiger partial charge in [-0.15, -0.1) is 0 Å². The molecule has 1 aromatic rings. The Morgan fingerprint density at radius 1 is 1.38 bits per heavy atom. The molecule has 3 nitrogen and oxygen atoms in total. The van der Waals surface area contributed by atoms with Crippen molar-refractivity contribution in [3.8, 4) is 0 Å². The van der Waals surface area contributed by atoms with Crippen LogP contribution in [-0.4, -0.2) is 24.2 Å². The van der Waals surface area contributed by atoms with E-state index in [2.05, 4.69) is 32.3 Å². The van der Waals surface area contributed by atoms with Crippen LogP contribution in [0.1, 0.15) is 25.7 Å². The summed E-state index contributed by atoms with van der Waals surface area (Å²) >= 11 is 3.45. The standard InChI is InChI=1S/C12H17BrN2O/c1-16-10-6-4-9(5-7-10)15-11-3-2-8-14-12(11)13/h2-3,8-10,15H,4-7H2,1H3. The number of aromatic nitrogens is 1. The van der Waals surface area contributed by atoms with Gasteiger partial charge < -0.3 is 10.1 Å². The highest BCUT2D eigenvalue weighted by Gasteiger charge is 2.20. The molecule has 1 aromatic heterocycles. The Balaban J connectivity index is 1.89. The summed E-state index contributed by atoms with van der Waals surface area (Å²) in [6, 6.07) is 4.56. The molecule has 4 heteroatoms. The van der Waals surface area contributed by atoms with Gasteiger partial charge in [0.1, 0.15) is 4.60 Å². The lowest BCUT2D eigenvalue weighted by molar-refractivity contribution is 0.0682. The van der Waals surface area contributed by atoms with E-state index >= 15 is 0 Å². The van der Waals surface area contributed by atoms with E-state index in [4.69, 9.17) is 4.74 Å². The van der Waals surface area contributed by atoms with Gasteiger partial charge in [-0.05, 0) is 53.7 Å². The van der Waals surface area contributed by atoms with Crippen molar-refractivity contribution in [1.29, 1.82) is 0 Å². The highest BCUT2D eigenvalue weighted by Crippen LogP contribution is 2.26. The second-order valence-electron chi connectivity index (χ2n) is 4.20. The monoisotopic (exact) mass is 284 g/mol. The molecule has 0 amide bonds. The molecule has 0 saturated heterocycles. The first kappa shape index (κ1) is 11.9. The maximum atomic E-state index is 5.36. The molecule has 1 saturated carbocycles. The number of pyridine rings is 1. The topological polar surface area (TPSA) is 34.1 Å². The molecule has 1 aliphatic carbocycles. The number of hydrogen-bond acceptors (Lipinski definition) is 3. The normalized spacial score (nSPS) is 25.4. The van der Waals surface area contributed by atoms with E-state index in [-0.39, 0.29) is 0 Å². The third kappa shape index (κ3) is 2.95. The first-order valence-electron chi connectivity index (χ1n) is 5.69. The zero-order valence-electron chi connectivity index (χ0n) is 9.45. The van der Waals surface area contributed by atoms with Crippen LogP contribution in [0.3, 0.4) is 0 Å². The highest BCUT2D eigenvalue weighted by molar-refractivity contribution is 9.10. The number of hydrogen-bond donors (Lipinski definition) is 1. The number of ether oxygens (including phenoxy) is 1. The molecule has 0 bridgehead atoms. The molecule has 0 aromatic carbocycles. The molecular formula is C12H17BrN2O. The predicted molar refractivity (Wildman–Crippen MR) is 68.6 cm³/mol. The van der Waals surface area contributed by atoms with E-state index in [1.54, 1.807) is 13.3 Å². The number of methoxy groups -OCH3 is 1. The van der Waals surface area contributed by atoms with Crippen LogP contribution < -0.4 is 5.32 Å². The molecule has 0 aliphatic heterocycles. The van der Waals surface area contributed by atoms with Gasteiger partial charge in [0.2, 0.25) is 0 Å². The van der Waals surface area contributed by atoms with E-state index in [0.29, 0.717) is 12.1 Å². The fourth-order valence-corrected chi connectivity index (χ4v) is 2.52. The van der Waals surface area contributed by atoms with Crippen LogP contribution >= 0.6 is 15.9 Å². The van der Waals surface area contributed by atoms with Gasteiger partial charge >= 0.3 is 0 Å². The molecule has 1 fully saturated rings. The van der Waals surface area contributed by atoms with Crippen molar-refractivity contribution in [2.75, 3.05) is 12.4 Å². The lowest BCUT2D eigenvalue weighted by Gasteiger charge is -2.29. The molecule has 1 heterocycles. The molecule has 2 rings (SSSR count). The minimum atomic E-state index is 0.454. The second-order valence-corrected chi connectivity index (χ2v) is 4.95. The first-order chi connectivity index (χ1) is 7.79. The number of rotatable bonds is 3. The van der Waals surface area contributed by atoms with E-state index in [1.807, 2.05) is 6.07 Å². The van der Waals surface area contributed by atoms with E-state index in [9.17, 15) is 0 Å². The molecular weight excluding hydrogens is 268 g/mol. The Hall–Kier alpha value is -0.610. The van der Waals surface area contributed by atoms with Gasteiger partial charge in [0, 0.05) is 19.3 Å². The Morgan fingerprint density at radius 3 is 2.75 bits per heavy atom. The zero-order valence-corrected chi connectivity index (χ0v) is 11.0. The lowest BCUT2D eigenvalue weighted by Crippen LogP contribution is -2.29. The summed E-state index contributed by atoms with van der Waals surface area (Å²) in [6.45, 7) is 0. The molecule has 88 valence electrons. The Labute approximate surface area is 105 Å². The van der Waals surface area contributed by atoms with Crippen LogP contribution in [0.25, 0.3) is 0 Å². The summed E-state index contributed by atoms with van der Waals surface area (Å²) in [4.78, 5) is 4.21. The fourth-order valence-electron chi connectivity index (χ4n) is 2.16. The third-order valence-electron chi connectivity index (χ3n) is 3.13. The summed E-state index contributed by atoms with van der Waals surface area (Å²) in [7, 11) is 1.80. The SMILES string of the molecule is COC1CCC(Nc2cccnc2Br)CC1. The molecule has 0 radical (unpaired) electrons. The van der Waals surface area contributed by atoms with Gasteiger partial charge in [0.25, 0.3) is 0 Å². The molecule has 1 N–H and O–H groups in total. The smallest absolute Gasteiger partial charge is 0.129 e. The number of anilines is 1. The highest BCUT2D eigenvalue weighted by atomic mass is 79.9. The van der Waals surface area contributed by atoms with Crippen LogP contribution in [0.2, 0.25) is 0 Å². The van der Waals surface area contributed by atoms with Crippen LogP contribution in [-0.2, 0) is 4.74 Å². The summed E-state index contributed by atoms with van der Waals surface area (Å²) in [5, 5.41) is 3.53. The van der Waals surface area contributed by atoms with Crippen molar-refractivity contribution in [2.24, 2.45) is 0 Å². The minimum absolute atomic E-state index is 0.454. The summed E-state index contributed by atoms with van der Waals surface area (Å²) in [6.07, 6.45) is 6.87. The van der Waals surface area contributed by atoms with Gasteiger partial charge in [-0.3, -0.25) is 0 Å². The molecule has 0 spiro atoms. The van der Waals surface area contributed by atoms with Crippen molar-refractivity contribution in [1.82, 2.24) is 4.98 Å². The Bertz CT molecular complexity index is 338. The van der Waals surface area contributed by atoms with Crippen LogP contribution in [0, 0.1) is 0 Å². The minimum Gasteiger partial charge on any atom is -0.381 e. The van der Waals surface area contributed by atoms with Crippen LogP contribution in [0.4, 0.5) is 5.69 Å². The molecule has 16 heavy (non-hydrogen) atoms. The third-order valence-corrected chi connectivity index (χ3v) is 3.76. The van der Waals surface area contributed by atoms with E-state index < -0.39 is 0 Å². The quantitative estimate of drug-likeness (QED) is 0.866. The zero-order chi connectivity index (χ0) is 11.4. The van der Waals surface area contributed by atoms with Gasteiger partial charge in [0.05, 0.1) is 11.8 Å². The second kappa shape index (κ2) is 5.64. The van der Waals surface area contributed by atoms with Crippen molar-refractivity contribution < 1.29 is 4.74 Å². The Kier molecular flexibility index (Phi) is 4.18. The summed E-state index contributed by atoms with van der Waals surface area (Å²) in [5.41, 5.74) is 1.09. The fraction of sp³-hybridized carbons (Fsp3) is 0.583. The van der Waals surface area contributed by atoms with Crippen molar-refractivity contribution >= 4 is 21.6 Å². The Morgan fingerprint density at radius 2 is 2.12 bits per heavy atom. The number of halogens is 1. The maximum absolute atomic E-state index is 5.36. The summed E-state index contributed by atoms with van der Waals surface area (Å²) in [5.74, 6) is 0. The van der Waals surface area contributed by atoms with Crippen molar-refractivity contribution in [3.63, 3.8) is 0 Å². The van der Waals surface area contributed by atoms with Crippen molar-refractivity contribution in [2.45, 2.75) is 37.8 Å². The average Bonchev–Trinajstić information content (AvgIpc) is 2.33. The van der Waals surface area contributed by atoms with Gasteiger partial charge in [-0.2, -0.15) is 0 Å². The van der Waals surface area contributed by atoms with E-state index in [1.165, 1.54) is 12.8 Å². The van der Waals surface area contributed by atoms with Crippen LogP contribution in [0.5, 0.6) is 0 Å². The first-order valence-corrected chi connectivity index (χ1v) is 6.48. The van der Waals surface area contributed by atoms with Crippen LogP contribution in [0.15, 0.2) is 22.9 Å². The lowest BCUT2D eigenvalue weighted by atomic mass is 9.93. The molecule has 1 aliphatic rings. The molecule has 0 atom stereocenters. The maximum Gasteiger partial charge on any atom is 0.129 e. The number of nitrogens with zero attached hydrogens (tertiary/aromatic N) is 1. The predicted octanol–water partition coefficient (Wildman–Crippen LogP) is 3.21. The number of nitrogens with one attached hydrogen (secondary N) is 1. The average molecular weight is 285 g/mol. The van der Waals surface area contributed by atoms with E-state index in [0.717, 1.165) is 23.1 Å². The molecule has 0 unspecified atom stereocenters. The largest absolute Gasteiger partial charge is 0.381 e. The van der Waals surface area contributed by atoms with Gasteiger partial charge in [-0.25, -0.2) is 4.98 Å². The summed E-state index contributed by atoms with van der Waals surface area (Å²) < 4.78 is 6.26. The van der Waals surface area contributed by atoms with Crippen molar-refractivity contribution in [3.05, 3.63) is 22.9 Å². The van der Waals surface area contributed by atoms with Gasteiger partial charge in [-0.1, -0.05) is 0 Å².